The Hall–Kier alpha value is -1.48. The lowest BCUT2D eigenvalue weighted by molar-refractivity contribution is 0.0664. The maximum atomic E-state index is 10.9. The Morgan fingerprint density at radius 2 is 2.07 bits per heavy atom. The van der Waals surface area contributed by atoms with Crippen molar-refractivity contribution < 1.29 is 14.3 Å². The summed E-state index contributed by atoms with van der Waals surface area (Å²) in [6, 6.07) is 3.55. The van der Waals surface area contributed by atoms with Crippen molar-refractivity contribution in [1.82, 2.24) is 0 Å². The number of aryl methyl sites for hydroxylation is 2. The first-order chi connectivity index (χ1) is 7.02. The number of hydrogen-bond acceptors (Lipinski definition) is 2. The van der Waals surface area contributed by atoms with Gasteiger partial charge in [-0.3, -0.25) is 0 Å². The summed E-state index contributed by atoms with van der Waals surface area (Å²) in [5.41, 5.74) is 2.03. The van der Waals surface area contributed by atoms with Gasteiger partial charge in [0.05, 0.1) is 5.02 Å². The van der Waals surface area contributed by atoms with Gasteiger partial charge in [0.15, 0.2) is 5.58 Å². The lowest BCUT2D eigenvalue weighted by atomic mass is 10.1. The van der Waals surface area contributed by atoms with Crippen molar-refractivity contribution in [3.63, 3.8) is 0 Å². The van der Waals surface area contributed by atoms with Crippen molar-refractivity contribution >= 4 is 28.5 Å². The molecule has 0 saturated carbocycles. The number of halogens is 1. The van der Waals surface area contributed by atoms with Crippen LogP contribution in [0.15, 0.2) is 16.5 Å². The normalized spacial score (nSPS) is 10.9. The molecule has 0 amide bonds. The molecule has 0 aliphatic carbocycles. The van der Waals surface area contributed by atoms with Crippen molar-refractivity contribution in [2.75, 3.05) is 0 Å². The van der Waals surface area contributed by atoms with Crippen molar-refractivity contribution in [1.29, 1.82) is 0 Å². The summed E-state index contributed by atoms with van der Waals surface area (Å²) in [5.74, 6) is -1.11. The number of aromatic carboxylic acids is 1. The molecular weight excluding hydrogens is 216 g/mol. The van der Waals surface area contributed by atoms with Crippen LogP contribution >= 0.6 is 11.6 Å². The molecular formula is C11H9ClO3. The molecule has 0 atom stereocenters. The van der Waals surface area contributed by atoms with Gasteiger partial charge >= 0.3 is 5.97 Å². The Morgan fingerprint density at radius 3 is 2.60 bits per heavy atom. The van der Waals surface area contributed by atoms with Crippen LogP contribution in [0.2, 0.25) is 5.02 Å². The highest BCUT2D eigenvalue weighted by atomic mass is 35.5. The maximum absolute atomic E-state index is 10.9. The fraction of sp³-hybridized carbons (Fsp3) is 0.182. The van der Waals surface area contributed by atoms with Crippen LogP contribution in [0.25, 0.3) is 11.0 Å². The highest BCUT2D eigenvalue weighted by Crippen LogP contribution is 2.33. The number of carbonyl (C=O) groups is 1. The van der Waals surface area contributed by atoms with Gasteiger partial charge in [0, 0.05) is 10.9 Å². The molecule has 1 heterocycles. The van der Waals surface area contributed by atoms with Gasteiger partial charge in [-0.15, -0.1) is 0 Å². The van der Waals surface area contributed by atoms with Crippen LogP contribution < -0.4 is 0 Å². The Balaban J connectivity index is 2.93. The predicted octanol–water partition coefficient (Wildman–Crippen LogP) is 3.40. The lowest BCUT2D eigenvalue weighted by Gasteiger charge is -1.96. The van der Waals surface area contributed by atoms with Gasteiger partial charge in [0.1, 0.15) is 0 Å². The zero-order chi connectivity index (χ0) is 11.2. The molecule has 0 unspecified atom stereocenters. The first-order valence-electron chi connectivity index (χ1n) is 4.44. The molecule has 4 heteroatoms. The van der Waals surface area contributed by atoms with Crippen LogP contribution in [0.4, 0.5) is 0 Å². The molecule has 0 bridgehead atoms. The van der Waals surface area contributed by atoms with Crippen LogP contribution in [-0.2, 0) is 0 Å². The zero-order valence-electron chi connectivity index (χ0n) is 8.30. The third-order valence-electron chi connectivity index (χ3n) is 2.43. The van der Waals surface area contributed by atoms with E-state index in [1.807, 2.05) is 13.0 Å². The minimum atomic E-state index is -1.07. The summed E-state index contributed by atoms with van der Waals surface area (Å²) >= 11 is 5.93. The van der Waals surface area contributed by atoms with E-state index in [4.69, 9.17) is 21.1 Å². The molecule has 0 aliphatic heterocycles. The quantitative estimate of drug-likeness (QED) is 0.808. The molecule has 1 aromatic heterocycles. The maximum Gasteiger partial charge on any atom is 0.372 e. The smallest absolute Gasteiger partial charge is 0.372 e. The van der Waals surface area contributed by atoms with E-state index < -0.39 is 5.97 Å². The van der Waals surface area contributed by atoms with Crippen molar-refractivity contribution in [3.05, 3.63) is 34.0 Å². The number of furan rings is 1. The van der Waals surface area contributed by atoms with E-state index >= 15 is 0 Å². The molecule has 0 fully saturated rings. The van der Waals surface area contributed by atoms with E-state index in [9.17, 15) is 4.79 Å². The van der Waals surface area contributed by atoms with E-state index in [1.165, 1.54) is 0 Å². The largest absolute Gasteiger partial charge is 0.475 e. The van der Waals surface area contributed by atoms with E-state index in [0.29, 0.717) is 16.2 Å². The molecule has 78 valence electrons. The Labute approximate surface area is 91.3 Å². The van der Waals surface area contributed by atoms with E-state index in [-0.39, 0.29) is 5.76 Å². The van der Waals surface area contributed by atoms with Gasteiger partial charge in [-0.1, -0.05) is 17.7 Å². The lowest BCUT2D eigenvalue weighted by Crippen LogP contribution is -1.95. The van der Waals surface area contributed by atoms with Gasteiger partial charge in [-0.2, -0.15) is 0 Å². The zero-order valence-corrected chi connectivity index (χ0v) is 9.05. The summed E-state index contributed by atoms with van der Waals surface area (Å²) in [6.07, 6.45) is 0. The third kappa shape index (κ3) is 1.39. The number of fused-ring (bicyclic) bond motifs is 1. The number of hydrogen-bond donors (Lipinski definition) is 1. The number of carboxylic acids is 1. The van der Waals surface area contributed by atoms with Gasteiger partial charge in [0.25, 0.3) is 0 Å². The predicted molar refractivity (Wildman–Crippen MR) is 57.7 cm³/mol. The first-order valence-corrected chi connectivity index (χ1v) is 4.81. The highest BCUT2D eigenvalue weighted by molar-refractivity contribution is 6.35. The SMILES string of the molecule is Cc1ccc(Cl)c2oc(C(=O)O)c(C)c12. The molecule has 15 heavy (non-hydrogen) atoms. The van der Waals surface area contributed by atoms with Gasteiger partial charge in [-0.25, -0.2) is 4.79 Å². The summed E-state index contributed by atoms with van der Waals surface area (Å²) in [4.78, 5) is 10.9. The molecule has 2 rings (SSSR count). The summed E-state index contributed by atoms with van der Waals surface area (Å²) < 4.78 is 5.24. The van der Waals surface area contributed by atoms with Gasteiger partial charge < -0.3 is 9.52 Å². The van der Waals surface area contributed by atoms with Crippen LogP contribution in [0.3, 0.4) is 0 Å². The summed E-state index contributed by atoms with van der Waals surface area (Å²) in [5, 5.41) is 10.1. The van der Waals surface area contributed by atoms with Gasteiger partial charge in [-0.05, 0) is 25.5 Å². The van der Waals surface area contributed by atoms with Crippen LogP contribution in [-0.4, -0.2) is 11.1 Å². The Kier molecular flexibility index (Phi) is 2.20. The van der Waals surface area contributed by atoms with Gasteiger partial charge in [0.2, 0.25) is 5.76 Å². The molecule has 2 aromatic rings. The second-order valence-electron chi connectivity index (χ2n) is 3.43. The molecule has 0 saturated heterocycles. The molecule has 1 N–H and O–H groups in total. The number of carboxylic acid groups (broad SMARTS) is 1. The van der Waals surface area contributed by atoms with Crippen LogP contribution in [0.5, 0.6) is 0 Å². The summed E-state index contributed by atoms with van der Waals surface area (Å²) in [7, 11) is 0. The third-order valence-corrected chi connectivity index (χ3v) is 2.73. The van der Waals surface area contributed by atoms with Crippen molar-refractivity contribution in [2.45, 2.75) is 13.8 Å². The fourth-order valence-corrected chi connectivity index (χ4v) is 1.91. The average molecular weight is 225 g/mol. The van der Waals surface area contributed by atoms with E-state index in [0.717, 1.165) is 10.9 Å². The monoisotopic (exact) mass is 224 g/mol. The second-order valence-corrected chi connectivity index (χ2v) is 3.84. The van der Waals surface area contributed by atoms with Crippen LogP contribution in [0, 0.1) is 13.8 Å². The number of benzene rings is 1. The fourth-order valence-electron chi connectivity index (χ4n) is 1.72. The minimum Gasteiger partial charge on any atom is -0.475 e. The standard InChI is InChI=1S/C11H9ClO3/c1-5-3-4-7(12)10-8(5)6(2)9(15-10)11(13)14/h3-4H,1-2H3,(H,13,14). The number of rotatable bonds is 1. The van der Waals surface area contributed by atoms with Crippen molar-refractivity contribution in [3.8, 4) is 0 Å². The van der Waals surface area contributed by atoms with Crippen LogP contribution in [0.1, 0.15) is 21.7 Å². The molecule has 1 aromatic carbocycles. The molecule has 3 nitrogen and oxygen atoms in total. The molecule has 0 spiro atoms. The Morgan fingerprint density at radius 1 is 1.40 bits per heavy atom. The average Bonchev–Trinajstić information content (AvgIpc) is 2.51. The topological polar surface area (TPSA) is 50.4 Å². The van der Waals surface area contributed by atoms with E-state index in [1.54, 1.807) is 13.0 Å². The molecule has 0 radical (unpaired) electrons. The second kappa shape index (κ2) is 3.28. The van der Waals surface area contributed by atoms with Crippen molar-refractivity contribution in [2.24, 2.45) is 0 Å². The highest BCUT2D eigenvalue weighted by Gasteiger charge is 2.19. The first kappa shape index (κ1) is 10.1. The Bertz CT molecular complexity index is 554. The van der Waals surface area contributed by atoms with E-state index in [2.05, 4.69) is 0 Å². The minimum absolute atomic E-state index is 0.0406. The summed E-state index contributed by atoms with van der Waals surface area (Å²) in [6.45, 7) is 3.62. The molecule has 0 aliphatic rings.